The van der Waals surface area contributed by atoms with E-state index in [1.807, 2.05) is 48.5 Å². The van der Waals surface area contributed by atoms with Crippen LogP contribution in [0.25, 0.3) is 11.0 Å². The lowest BCUT2D eigenvalue weighted by Gasteiger charge is -2.08. The Hall–Kier alpha value is -2.75. The number of fused-ring (bicyclic) bond motifs is 1. The van der Waals surface area contributed by atoms with E-state index in [9.17, 15) is 4.79 Å². The Morgan fingerprint density at radius 3 is 2.24 bits per heavy atom. The largest absolute Gasteiger partial charge is 0.494 e. The minimum atomic E-state index is -0.383. The van der Waals surface area contributed by atoms with Crippen LogP contribution in [0.5, 0.6) is 11.5 Å². The summed E-state index contributed by atoms with van der Waals surface area (Å²) in [7, 11) is 0. The molecule has 25 heavy (non-hydrogen) atoms. The number of rotatable bonds is 9. The van der Waals surface area contributed by atoms with Gasteiger partial charge >= 0.3 is 5.63 Å². The summed E-state index contributed by atoms with van der Waals surface area (Å²) in [5.74, 6) is 1.51. The molecule has 4 nitrogen and oxygen atoms in total. The van der Waals surface area contributed by atoms with Crippen molar-refractivity contribution in [2.45, 2.75) is 25.7 Å². The van der Waals surface area contributed by atoms with Crippen LogP contribution in [0.2, 0.25) is 0 Å². The van der Waals surface area contributed by atoms with E-state index in [-0.39, 0.29) is 5.63 Å². The fourth-order valence-electron chi connectivity index (χ4n) is 2.65. The van der Waals surface area contributed by atoms with Gasteiger partial charge in [-0.25, -0.2) is 4.79 Å². The van der Waals surface area contributed by atoms with Crippen LogP contribution >= 0.6 is 0 Å². The molecule has 1 heterocycles. The molecule has 2 aromatic carbocycles. The van der Waals surface area contributed by atoms with Crippen LogP contribution in [0.4, 0.5) is 0 Å². The van der Waals surface area contributed by atoms with Crippen LogP contribution in [0.15, 0.2) is 69.9 Å². The average Bonchev–Trinajstić information content (AvgIpc) is 2.64. The lowest BCUT2D eigenvalue weighted by atomic mass is 10.2. The Morgan fingerprint density at radius 1 is 0.760 bits per heavy atom. The first-order valence-corrected chi connectivity index (χ1v) is 8.66. The molecule has 0 aliphatic heterocycles. The molecule has 0 aliphatic rings. The number of ether oxygens (including phenoxy) is 2. The van der Waals surface area contributed by atoms with E-state index < -0.39 is 0 Å². The highest BCUT2D eigenvalue weighted by atomic mass is 16.5. The number of benzene rings is 2. The highest BCUT2D eigenvalue weighted by Crippen LogP contribution is 2.23. The second-order valence-corrected chi connectivity index (χ2v) is 5.85. The summed E-state index contributed by atoms with van der Waals surface area (Å²) in [5.41, 5.74) is 0.176. The van der Waals surface area contributed by atoms with Crippen molar-refractivity contribution in [2.24, 2.45) is 0 Å². The first-order chi connectivity index (χ1) is 12.3. The fourth-order valence-corrected chi connectivity index (χ4v) is 2.65. The zero-order valence-electron chi connectivity index (χ0n) is 14.1. The van der Waals surface area contributed by atoms with Crippen LogP contribution in [0.1, 0.15) is 25.7 Å². The Balaban J connectivity index is 1.36. The fraction of sp³-hybridized carbons (Fsp3) is 0.286. The molecule has 0 atom stereocenters. The van der Waals surface area contributed by atoms with E-state index in [2.05, 4.69) is 0 Å². The van der Waals surface area contributed by atoms with Crippen molar-refractivity contribution < 1.29 is 13.9 Å². The van der Waals surface area contributed by atoms with E-state index in [4.69, 9.17) is 13.9 Å². The van der Waals surface area contributed by atoms with Crippen molar-refractivity contribution in [3.8, 4) is 11.5 Å². The molecule has 0 radical (unpaired) electrons. The smallest absolute Gasteiger partial charge is 0.339 e. The molecule has 0 bridgehead atoms. The first kappa shape index (κ1) is 17.1. The van der Waals surface area contributed by atoms with E-state index in [0.717, 1.165) is 43.4 Å². The van der Waals surface area contributed by atoms with Gasteiger partial charge in [-0.05, 0) is 49.9 Å². The van der Waals surface area contributed by atoms with Gasteiger partial charge in [0.25, 0.3) is 0 Å². The van der Waals surface area contributed by atoms with Gasteiger partial charge < -0.3 is 13.9 Å². The van der Waals surface area contributed by atoms with E-state index in [0.29, 0.717) is 17.9 Å². The maximum absolute atomic E-state index is 11.6. The Bertz CT molecular complexity index is 839. The summed E-state index contributed by atoms with van der Waals surface area (Å²) >= 11 is 0. The zero-order chi connectivity index (χ0) is 17.3. The highest BCUT2D eigenvalue weighted by molar-refractivity contribution is 5.82. The molecular weight excluding hydrogens is 316 g/mol. The summed E-state index contributed by atoms with van der Waals surface area (Å²) in [6, 6.07) is 18.7. The van der Waals surface area contributed by atoms with E-state index >= 15 is 0 Å². The number of unbranched alkanes of at least 4 members (excludes halogenated alkanes) is 3. The van der Waals surface area contributed by atoms with Crippen LogP contribution in [-0.2, 0) is 0 Å². The molecule has 3 aromatic rings. The average molecular weight is 338 g/mol. The van der Waals surface area contributed by atoms with E-state index in [1.165, 1.54) is 6.07 Å². The molecule has 0 amide bonds. The maximum atomic E-state index is 11.6. The van der Waals surface area contributed by atoms with Crippen molar-refractivity contribution in [2.75, 3.05) is 13.2 Å². The van der Waals surface area contributed by atoms with Gasteiger partial charge in [0.2, 0.25) is 0 Å². The summed E-state index contributed by atoms with van der Waals surface area (Å²) in [6.07, 6.45) is 4.12. The molecule has 130 valence electrons. The molecule has 0 N–H and O–H groups in total. The molecule has 0 unspecified atom stereocenters. The molecule has 1 aromatic heterocycles. The van der Waals surface area contributed by atoms with E-state index in [1.54, 1.807) is 6.07 Å². The molecule has 0 aliphatic carbocycles. The molecule has 4 heteroatoms. The standard InChI is InChI=1S/C21H22O4/c22-21-16-20(18-12-6-7-13-19(18)25-21)24-15-9-2-1-8-14-23-17-10-4-3-5-11-17/h3-7,10-13,16H,1-2,8-9,14-15H2. The molecule has 0 fully saturated rings. The van der Waals surface area contributed by atoms with Gasteiger partial charge in [-0.1, -0.05) is 30.3 Å². The summed E-state index contributed by atoms with van der Waals surface area (Å²) < 4.78 is 16.6. The van der Waals surface area contributed by atoms with Crippen molar-refractivity contribution in [1.82, 2.24) is 0 Å². The Labute approximate surface area is 147 Å². The van der Waals surface area contributed by atoms with Gasteiger partial charge in [-0.3, -0.25) is 0 Å². The SMILES string of the molecule is O=c1cc(OCCCCCCOc2ccccc2)c2ccccc2o1. The molecule has 3 rings (SSSR count). The van der Waals surface area contributed by atoms with Gasteiger partial charge in [0.1, 0.15) is 17.1 Å². The lowest BCUT2D eigenvalue weighted by Crippen LogP contribution is -2.03. The van der Waals surface area contributed by atoms with Crippen LogP contribution in [0.3, 0.4) is 0 Å². The minimum absolute atomic E-state index is 0.383. The third-order valence-electron chi connectivity index (χ3n) is 3.92. The van der Waals surface area contributed by atoms with Gasteiger partial charge in [0, 0.05) is 0 Å². The maximum Gasteiger partial charge on any atom is 0.339 e. The number of hydrogen-bond acceptors (Lipinski definition) is 4. The Kier molecular flexibility index (Phi) is 6.10. The minimum Gasteiger partial charge on any atom is -0.494 e. The zero-order valence-corrected chi connectivity index (χ0v) is 14.1. The molecular formula is C21H22O4. The van der Waals surface area contributed by atoms with Crippen molar-refractivity contribution in [3.05, 3.63) is 71.1 Å². The molecule has 0 spiro atoms. The normalized spacial score (nSPS) is 10.7. The second-order valence-electron chi connectivity index (χ2n) is 5.85. The van der Waals surface area contributed by atoms with Crippen LogP contribution < -0.4 is 15.1 Å². The van der Waals surface area contributed by atoms with Gasteiger partial charge in [-0.2, -0.15) is 0 Å². The molecule has 0 saturated carbocycles. The predicted molar refractivity (Wildman–Crippen MR) is 98.4 cm³/mol. The lowest BCUT2D eigenvalue weighted by molar-refractivity contribution is 0.288. The summed E-state index contributed by atoms with van der Waals surface area (Å²) in [5, 5.41) is 0.832. The topological polar surface area (TPSA) is 48.7 Å². The third kappa shape index (κ3) is 5.11. The summed E-state index contributed by atoms with van der Waals surface area (Å²) in [4.78, 5) is 11.6. The monoisotopic (exact) mass is 338 g/mol. The quantitative estimate of drug-likeness (QED) is 0.415. The first-order valence-electron chi connectivity index (χ1n) is 8.66. The van der Waals surface area contributed by atoms with Crippen LogP contribution in [0, 0.1) is 0 Å². The predicted octanol–water partition coefficient (Wildman–Crippen LogP) is 4.81. The van der Waals surface area contributed by atoms with Crippen molar-refractivity contribution in [1.29, 1.82) is 0 Å². The Morgan fingerprint density at radius 2 is 1.44 bits per heavy atom. The van der Waals surface area contributed by atoms with Crippen molar-refractivity contribution in [3.63, 3.8) is 0 Å². The number of hydrogen-bond donors (Lipinski definition) is 0. The van der Waals surface area contributed by atoms with Gasteiger partial charge in [0.05, 0.1) is 24.7 Å². The summed E-state index contributed by atoms with van der Waals surface area (Å²) in [6.45, 7) is 1.32. The molecule has 0 saturated heterocycles. The van der Waals surface area contributed by atoms with Crippen molar-refractivity contribution >= 4 is 11.0 Å². The van der Waals surface area contributed by atoms with Crippen LogP contribution in [-0.4, -0.2) is 13.2 Å². The second kappa shape index (κ2) is 8.92. The number of para-hydroxylation sites is 2. The highest BCUT2D eigenvalue weighted by Gasteiger charge is 2.05. The van der Waals surface area contributed by atoms with Gasteiger partial charge in [-0.15, -0.1) is 0 Å². The van der Waals surface area contributed by atoms with Gasteiger partial charge in [0.15, 0.2) is 0 Å². The third-order valence-corrected chi connectivity index (χ3v) is 3.92.